The molecule has 0 saturated heterocycles. The third-order valence-corrected chi connectivity index (χ3v) is 4.14. The summed E-state index contributed by atoms with van der Waals surface area (Å²) in [7, 11) is -4.56. The number of hydrogen-bond acceptors (Lipinski definition) is 3. The Morgan fingerprint density at radius 3 is 2.20 bits per heavy atom. The standard InChI is InChI=1S/C15H15FO3S/c1-12(20(16,17)18)14-7-9-15(10-8-14)19-11-13-5-3-2-4-6-13/h2-10,12H,11H2,1H3. The molecule has 2 aromatic carbocycles. The maximum absolute atomic E-state index is 12.9. The number of ether oxygens (including phenoxy) is 1. The van der Waals surface area contributed by atoms with Gasteiger partial charge in [0.25, 0.3) is 0 Å². The number of benzene rings is 2. The molecule has 20 heavy (non-hydrogen) atoms. The first-order valence-electron chi connectivity index (χ1n) is 6.17. The van der Waals surface area contributed by atoms with Crippen LogP contribution in [0.1, 0.15) is 23.3 Å². The summed E-state index contributed by atoms with van der Waals surface area (Å²) in [5.74, 6) is 0.612. The van der Waals surface area contributed by atoms with E-state index in [9.17, 15) is 12.3 Å². The van der Waals surface area contributed by atoms with Gasteiger partial charge < -0.3 is 4.74 Å². The van der Waals surface area contributed by atoms with Crippen LogP contribution in [-0.4, -0.2) is 8.42 Å². The fourth-order valence-electron chi connectivity index (χ4n) is 1.74. The van der Waals surface area contributed by atoms with E-state index >= 15 is 0 Å². The zero-order valence-corrected chi connectivity index (χ0v) is 11.8. The van der Waals surface area contributed by atoms with E-state index in [1.54, 1.807) is 24.3 Å². The highest BCUT2D eigenvalue weighted by molar-refractivity contribution is 7.86. The van der Waals surface area contributed by atoms with Gasteiger partial charge in [-0.05, 0) is 30.2 Å². The normalized spacial score (nSPS) is 12.9. The molecule has 2 aromatic rings. The second-order valence-corrected chi connectivity index (χ2v) is 6.12. The monoisotopic (exact) mass is 294 g/mol. The lowest BCUT2D eigenvalue weighted by atomic mass is 10.1. The van der Waals surface area contributed by atoms with Crippen LogP contribution >= 0.6 is 0 Å². The van der Waals surface area contributed by atoms with Crippen molar-refractivity contribution in [2.45, 2.75) is 18.8 Å². The highest BCUT2D eigenvalue weighted by Crippen LogP contribution is 2.25. The lowest BCUT2D eigenvalue weighted by molar-refractivity contribution is 0.306. The van der Waals surface area contributed by atoms with E-state index in [1.165, 1.54) is 6.92 Å². The summed E-state index contributed by atoms with van der Waals surface area (Å²) in [5.41, 5.74) is 1.44. The van der Waals surface area contributed by atoms with Crippen LogP contribution in [-0.2, 0) is 16.8 Å². The van der Waals surface area contributed by atoms with Gasteiger partial charge in [-0.2, -0.15) is 8.42 Å². The fourth-order valence-corrected chi connectivity index (χ4v) is 2.22. The van der Waals surface area contributed by atoms with E-state index in [-0.39, 0.29) is 0 Å². The van der Waals surface area contributed by atoms with Gasteiger partial charge in [0, 0.05) is 0 Å². The largest absolute Gasteiger partial charge is 0.489 e. The maximum atomic E-state index is 12.9. The lowest BCUT2D eigenvalue weighted by Crippen LogP contribution is -2.03. The van der Waals surface area contributed by atoms with Gasteiger partial charge in [0.1, 0.15) is 17.6 Å². The quantitative estimate of drug-likeness (QED) is 0.791. The molecule has 0 spiro atoms. The van der Waals surface area contributed by atoms with Gasteiger partial charge in [-0.25, -0.2) is 0 Å². The lowest BCUT2D eigenvalue weighted by Gasteiger charge is -2.09. The number of halogens is 1. The highest BCUT2D eigenvalue weighted by atomic mass is 32.3. The zero-order valence-electron chi connectivity index (χ0n) is 11.0. The maximum Gasteiger partial charge on any atom is 0.309 e. The Kier molecular flexibility index (Phi) is 4.39. The molecular weight excluding hydrogens is 279 g/mol. The molecule has 0 aliphatic heterocycles. The summed E-state index contributed by atoms with van der Waals surface area (Å²) in [6.07, 6.45) is 0. The SMILES string of the molecule is CC(c1ccc(OCc2ccccc2)cc1)S(=O)(=O)F. The van der Waals surface area contributed by atoms with E-state index in [4.69, 9.17) is 4.74 Å². The Labute approximate surface area is 118 Å². The molecule has 0 heterocycles. The molecule has 3 nitrogen and oxygen atoms in total. The van der Waals surface area contributed by atoms with Crippen molar-refractivity contribution < 1.29 is 17.0 Å². The van der Waals surface area contributed by atoms with Crippen LogP contribution in [0.2, 0.25) is 0 Å². The molecule has 0 fully saturated rings. The van der Waals surface area contributed by atoms with Gasteiger partial charge >= 0.3 is 10.2 Å². The molecule has 5 heteroatoms. The summed E-state index contributed by atoms with van der Waals surface area (Å²) in [6.45, 7) is 1.74. The van der Waals surface area contributed by atoms with Crippen molar-refractivity contribution in [2.75, 3.05) is 0 Å². The van der Waals surface area contributed by atoms with Crippen LogP contribution in [0.3, 0.4) is 0 Å². The van der Waals surface area contributed by atoms with Crippen LogP contribution < -0.4 is 4.74 Å². The summed E-state index contributed by atoms with van der Waals surface area (Å²) >= 11 is 0. The first-order valence-corrected chi connectivity index (χ1v) is 7.61. The average molecular weight is 294 g/mol. The van der Waals surface area contributed by atoms with Crippen LogP contribution in [0.15, 0.2) is 54.6 Å². The second kappa shape index (κ2) is 6.05. The van der Waals surface area contributed by atoms with Crippen molar-refractivity contribution in [3.8, 4) is 5.75 Å². The third-order valence-electron chi connectivity index (χ3n) is 3.02. The number of hydrogen-bond donors (Lipinski definition) is 0. The Hall–Kier alpha value is -1.88. The third kappa shape index (κ3) is 3.81. The predicted molar refractivity (Wildman–Crippen MR) is 75.7 cm³/mol. The molecule has 0 aliphatic carbocycles. The highest BCUT2D eigenvalue weighted by Gasteiger charge is 2.21. The molecule has 1 atom stereocenters. The van der Waals surface area contributed by atoms with Gasteiger partial charge in [-0.3, -0.25) is 0 Å². The molecule has 0 aromatic heterocycles. The second-order valence-electron chi connectivity index (χ2n) is 4.46. The van der Waals surface area contributed by atoms with Gasteiger partial charge in [0.2, 0.25) is 0 Å². The van der Waals surface area contributed by atoms with E-state index in [0.717, 1.165) is 5.56 Å². The Morgan fingerprint density at radius 1 is 1.05 bits per heavy atom. The molecule has 0 N–H and O–H groups in total. The summed E-state index contributed by atoms with van der Waals surface area (Å²) in [4.78, 5) is 0. The Bertz CT molecular complexity index is 651. The van der Waals surface area contributed by atoms with Crippen LogP contribution in [0.4, 0.5) is 3.89 Å². The van der Waals surface area contributed by atoms with Crippen molar-refractivity contribution >= 4 is 10.2 Å². The molecule has 0 aliphatic rings. The van der Waals surface area contributed by atoms with E-state index in [1.807, 2.05) is 30.3 Å². The fraction of sp³-hybridized carbons (Fsp3) is 0.200. The van der Waals surface area contributed by atoms with Crippen LogP contribution in [0.5, 0.6) is 5.75 Å². The molecule has 1 unspecified atom stereocenters. The zero-order chi connectivity index (χ0) is 14.6. The number of rotatable bonds is 5. The van der Waals surface area contributed by atoms with E-state index in [2.05, 4.69) is 0 Å². The summed E-state index contributed by atoms with van der Waals surface area (Å²) in [5, 5.41) is -1.16. The molecule has 0 saturated carbocycles. The summed E-state index contributed by atoms with van der Waals surface area (Å²) < 4.78 is 40.1. The first kappa shape index (κ1) is 14.5. The average Bonchev–Trinajstić information content (AvgIpc) is 2.45. The van der Waals surface area contributed by atoms with Crippen molar-refractivity contribution in [1.29, 1.82) is 0 Å². The van der Waals surface area contributed by atoms with Crippen molar-refractivity contribution in [2.24, 2.45) is 0 Å². The molecule has 0 bridgehead atoms. The Balaban J connectivity index is 2.02. The molecule has 0 amide bonds. The molecule has 0 radical (unpaired) electrons. The topological polar surface area (TPSA) is 43.4 Å². The van der Waals surface area contributed by atoms with Gasteiger partial charge in [-0.1, -0.05) is 42.5 Å². The molecule has 2 rings (SSSR count). The van der Waals surface area contributed by atoms with E-state index in [0.29, 0.717) is 17.9 Å². The predicted octanol–water partition coefficient (Wildman–Crippen LogP) is 3.63. The van der Waals surface area contributed by atoms with Crippen molar-refractivity contribution in [1.82, 2.24) is 0 Å². The van der Waals surface area contributed by atoms with Gasteiger partial charge in [0.15, 0.2) is 0 Å². The minimum atomic E-state index is -4.56. The van der Waals surface area contributed by atoms with Crippen LogP contribution in [0, 0.1) is 0 Å². The molecule has 106 valence electrons. The summed E-state index contributed by atoms with van der Waals surface area (Å²) in [6, 6.07) is 16.1. The van der Waals surface area contributed by atoms with Crippen molar-refractivity contribution in [3.63, 3.8) is 0 Å². The smallest absolute Gasteiger partial charge is 0.309 e. The minimum Gasteiger partial charge on any atom is -0.489 e. The van der Waals surface area contributed by atoms with Crippen molar-refractivity contribution in [3.05, 3.63) is 65.7 Å². The first-order chi connectivity index (χ1) is 9.47. The Morgan fingerprint density at radius 2 is 1.65 bits per heavy atom. The molecular formula is C15H15FO3S. The van der Waals surface area contributed by atoms with E-state index < -0.39 is 15.5 Å². The minimum absolute atomic E-state index is 0.402. The van der Waals surface area contributed by atoms with Crippen LogP contribution in [0.25, 0.3) is 0 Å². The van der Waals surface area contributed by atoms with Gasteiger partial charge in [-0.15, -0.1) is 3.89 Å². The van der Waals surface area contributed by atoms with Gasteiger partial charge in [0.05, 0.1) is 0 Å².